The van der Waals surface area contributed by atoms with Gasteiger partial charge >= 0.3 is 0 Å². The molecule has 7 nitrogen and oxygen atoms in total. The maximum atomic E-state index is 5.88. The number of aryl methyl sites for hydroxylation is 1. The fourth-order valence-electron chi connectivity index (χ4n) is 3.41. The van der Waals surface area contributed by atoms with Crippen molar-refractivity contribution < 1.29 is 14.2 Å². The van der Waals surface area contributed by atoms with Crippen molar-refractivity contribution in [2.75, 3.05) is 58.6 Å². The van der Waals surface area contributed by atoms with Crippen LogP contribution in [0.5, 0.6) is 5.75 Å². The van der Waals surface area contributed by atoms with Gasteiger partial charge in [0, 0.05) is 51.6 Å². The van der Waals surface area contributed by atoms with Crippen molar-refractivity contribution in [3.8, 4) is 5.75 Å². The van der Waals surface area contributed by atoms with E-state index in [4.69, 9.17) is 14.2 Å². The van der Waals surface area contributed by atoms with Gasteiger partial charge in [0.15, 0.2) is 5.96 Å². The molecule has 0 aliphatic carbocycles. The number of ether oxygens (including phenoxy) is 3. The third kappa shape index (κ3) is 8.14. The first-order valence-corrected chi connectivity index (χ1v) is 10.8. The van der Waals surface area contributed by atoms with Gasteiger partial charge in [0.25, 0.3) is 0 Å². The van der Waals surface area contributed by atoms with Crippen LogP contribution in [0.3, 0.4) is 0 Å². The van der Waals surface area contributed by atoms with E-state index in [9.17, 15) is 0 Å². The van der Waals surface area contributed by atoms with Crippen molar-refractivity contribution in [2.45, 2.75) is 20.0 Å². The quantitative estimate of drug-likeness (QED) is 0.215. The van der Waals surface area contributed by atoms with Gasteiger partial charge in [0.1, 0.15) is 12.4 Å². The highest BCUT2D eigenvalue weighted by Crippen LogP contribution is 2.20. The lowest BCUT2D eigenvalue weighted by Gasteiger charge is -2.28. The van der Waals surface area contributed by atoms with E-state index in [0.29, 0.717) is 26.3 Å². The van der Waals surface area contributed by atoms with Gasteiger partial charge in [-0.3, -0.25) is 4.99 Å². The van der Waals surface area contributed by atoms with Crippen molar-refractivity contribution in [1.82, 2.24) is 10.6 Å². The Labute approximate surface area is 208 Å². The number of hydrogen-bond donors (Lipinski definition) is 2. The van der Waals surface area contributed by atoms with E-state index >= 15 is 0 Å². The van der Waals surface area contributed by atoms with Gasteiger partial charge in [0.2, 0.25) is 0 Å². The highest BCUT2D eigenvalue weighted by Gasteiger charge is 2.11. The summed E-state index contributed by atoms with van der Waals surface area (Å²) in [5.41, 5.74) is 4.70. The number of nitrogens with one attached hydrogen (secondary N) is 2. The summed E-state index contributed by atoms with van der Waals surface area (Å²) < 4.78 is 16.4. The lowest BCUT2D eigenvalue weighted by Crippen LogP contribution is -2.36. The predicted octanol–water partition coefficient (Wildman–Crippen LogP) is 3.34. The topological polar surface area (TPSA) is 67.4 Å². The molecule has 0 spiro atoms. The Hall–Kier alpha value is -2.04. The van der Waals surface area contributed by atoms with Crippen LogP contribution in [-0.2, 0) is 22.6 Å². The molecule has 3 rings (SSSR count). The second-order valence-electron chi connectivity index (χ2n) is 7.50. The number of anilines is 1. The van der Waals surface area contributed by atoms with E-state index in [-0.39, 0.29) is 24.0 Å². The minimum absolute atomic E-state index is 0. The van der Waals surface area contributed by atoms with E-state index in [0.717, 1.165) is 43.6 Å². The summed E-state index contributed by atoms with van der Waals surface area (Å²) in [6, 6.07) is 14.9. The van der Waals surface area contributed by atoms with Crippen LogP contribution in [0, 0.1) is 6.92 Å². The van der Waals surface area contributed by atoms with Gasteiger partial charge < -0.3 is 29.7 Å². The van der Waals surface area contributed by atoms with Crippen LogP contribution < -0.4 is 20.3 Å². The summed E-state index contributed by atoms with van der Waals surface area (Å²) in [5, 5.41) is 6.76. The summed E-state index contributed by atoms with van der Waals surface area (Å²) in [7, 11) is 3.45. The Bertz CT molecular complexity index is 840. The van der Waals surface area contributed by atoms with E-state index < -0.39 is 0 Å². The van der Waals surface area contributed by atoms with Crippen LogP contribution in [0.1, 0.15) is 16.7 Å². The van der Waals surface area contributed by atoms with Crippen molar-refractivity contribution in [2.24, 2.45) is 4.99 Å². The first-order valence-electron chi connectivity index (χ1n) is 10.8. The summed E-state index contributed by atoms with van der Waals surface area (Å²) in [5.74, 6) is 1.62. The highest BCUT2D eigenvalue weighted by molar-refractivity contribution is 14.0. The second-order valence-corrected chi connectivity index (χ2v) is 7.50. The molecule has 0 unspecified atom stereocenters. The molecule has 2 aromatic carbocycles. The molecule has 32 heavy (non-hydrogen) atoms. The van der Waals surface area contributed by atoms with Crippen LogP contribution in [-0.4, -0.2) is 59.6 Å². The molecule has 0 saturated carbocycles. The molecule has 0 amide bonds. The normalized spacial score (nSPS) is 14.0. The molecule has 8 heteroatoms. The smallest absolute Gasteiger partial charge is 0.191 e. The summed E-state index contributed by atoms with van der Waals surface area (Å²) in [6.07, 6.45) is 0. The van der Waals surface area contributed by atoms with E-state index in [1.54, 1.807) is 14.2 Å². The average molecular weight is 554 g/mol. The Balaban J connectivity index is 0.00000363. The van der Waals surface area contributed by atoms with E-state index in [2.05, 4.69) is 69.9 Å². The molecule has 0 bridgehead atoms. The number of rotatable bonds is 9. The fourth-order valence-corrected chi connectivity index (χ4v) is 3.41. The van der Waals surface area contributed by atoms with Gasteiger partial charge in [-0.25, -0.2) is 0 Å². The van der Waals surface area contributed by atoms with Gasteiger partial charge in [-0.1, -0.05) is 24.3 Å². The molecule has 2 N–H and O–H groups in total. The third-order valence-electron chi connectivity index (χ3n) is 5.21. The third-order valence-corrected chi connectivity index (χ3v) is 5.21. The molecular weight excluding hydrogens is 519 g/mol. The molecule has 1 heterocycles. The average Bonchev–Trinajstić information content (AvgIpc) is 2.81. The number of morpholine rings is 1. The molecule has 1 saturated heterocycles. The van der Waals surface area contributed by atoms with Crippen LogP contribution >= 0.6 is 24.0 Å². The fraction of sp³-hybridized carbons (Fsp3) is 0.458. The zero-order chi connectivity index (χ0) is 21.9. The van der Waals surface area contributed by atoms with Crippen molar-refractivity contribution in [3.63, 3.8) is 0 Å². The van der Waals surface area contributed by atoms with Crippen LogP contribution in [0.4, 0.5) is 5.69 Å². The largest absolute Gasteiger partial charge is 0.491 e. The summed E-state index contributed by atoms with van der Waals surface area (Å²) in [4.78, 5) is 6.70. The molecular formula is C24H35IN4O3. The Kier molecular flexibility index (Phi) is 11.6. The molecule has 176 valence electrons. The molecule has 0 atom stereocenters. The molecule has 0 radical (unpaired) electrons. The van der Waals surface area contributed by atoms with Crippen LogP contribution in [0.2, 0.25) is 0 Å². The summed E-state index contributed by atoms with van der Waals surface area (Å²) >= 11 is 0. The number of methoxy groups -OCH3 is 1. The monoisotopic (exact) mass is 554 g/mol. The van der Waals surface area contributed by atoms with E-state index in [1.807, 2.05) is 0 Å². The van der Waals surface area contributed by atoms with Gasteiger partial charge in [-0.15, -0.1) is 24.0 Å². The number of nitrogens with zero attached hydrogens (tertiary/aromatic N) is 2. The predicted molar refractivity (Wildman–Crippen MR) is 140 cm³/mol. The van der Waals surface area contributed by atoms with Gasteiger partial charge in [0.05, 0.1) is 19.8 Å². The molecule has 0 aromatic heterocycles. The van der Waals surface area contributed by atoms with Gasteiger partial charge in [-0.2, -0.15) is 0 Å². The second kappa shape index (κ2) is 14.2. The number of hydrogen-bond acceptors (Lipinski definition) is 5. The number of guanidine groups is 1. The maximum Gasteiger partial charge on any atom is 0.191 e. The zero-order valence-corrected chi connectivity index (χ0v) is 21.6. The molecule has 2 aromatic rings. The molecule has 1 aliphatic rings. The van der Waals surface area contributed by atoms with Crippen molar-refractivity contribution >= 4 is 35.6 Å². The van der Waals surface area contributed by atoms with Crippen LogP contribution in [0.15, 0.2) is 47.5 Å². The lowest BCUT2D eigenvalue weighted by molar-refractivity contribution is 0.122. The minimum Gasteiger partial charge on any atom is -0.491 e. The molecule has 1 aliphatic heterocycles. The number of halogens is 1. The first-order chi connectivity index (χ1) is 15.2. The standard InChI is InChI=1S/C24H34N4O3.HI/c1-19-4-7-21(23(16-19)31-15-14-29-3)18-27-24(25-2)26-17-20-5-8-22(9-6-20)28-10-12-30-13-11-28;/h4-9,16H,10-15,17-18H2,1-3H3,(H2,25,26,27);1H. The Morgan fingerprint density at radius 3 is 2.44 bits per heavy atom. The maximum absolute atomic E-state index is 5.88. The van der Waals surface area contributed by atoms with E-state index in [1.165, 1.54) is 16.8 Å². The van der Waals surface area contributed by atoms with Gasteiger partial charge in [-0.05, 0) is 36.2 Å². The number of benzene rings is 2. The number of aliphatic imine (C=N–C) groups is 1. The minimum atomic E-state index is 0. The lowest BCUT2D eigenvalue weighted by atomic mass is 10.1. The van der Waals surface area contributed by atoms with Crippen molar-refractivity contribution in [3.05, 3.63) is 59.2 Å². The highest BCUT2D eigenvalue weighted by atomic mass is 127. The van der Waals surface area contributed by atoms with Crippen molar-refractivity contribution in [1.29, 1.82) is 0 Å². The zero-order valence-electron chi connectivity index (χ0n) is 19.2. The Morgan fingerprint density at radius 2 is 1.75 bits per heavy atom. The first kappa shape index (κ1) is 26.2. The SMILES string of the molecule is CN=C(NCc1ccc(N2CCOCC2)cc1)NCc1ccc(C)cc1OCCOC.I. The summed E-state index contributed by atoms with van der Waals surface area (Å²) in [6.45, 7) is 7.97. The Morgan fingerprint density at radius 1 is 1.03 bits per heavy atom. The molecule has 1 fully saturated rings. The van der Waals surface area contributed by atoms with Crippen LogP contribution in [0.25, 0.3) is 0 Å².